The van der Waals surface area contributed by atoms with Crippen LogP contribution < -0.4 is 10.6 Å². The third kappa shape index (κ3) is 5.49. The molecule has 1 rings (SSSR count). The molecule has 0 saturated carbocycles. The van der Waals surface area contributed by atoms with Crippen molar-refractivity contribution in [1.82, 2.24) is 10.6 Å². The van der Waals surface area contributed by atoms with Gasteiger partial charge in [-0.3, -0.25) is 0 Å². The Kier molecular flexibility index (Phi) is 5.56. The monoisotopic (exact) mass is 234 g/mol. The Morgan fingerprint density at radius 2 is 2.07 bits per heavy atom. The Bertz CT molecular complexity index is 265. The standard InChI is InChI=1S/C10H22N2O2S/c1-11-5-2-6-12-7-3-10-4-8-15(13,14)9-10/h10-12H,2-9H2,1H3. The molecule has 0 aromatic carbocycles. The van der Waals surface area contributed by atoms with Crippen molar-refractivity contribution < 1.29 is 8.42 Å². The summed E-state index contributed by atoms with van der Waals surface area (Å²) in [4.78, 5) is 0. The highest BCUT2D eigenvalue weighted by atomic mass is 32.2. The van der Waals surface area contributed by atoms with Gasteiger partial charge in [-0.25, -0.2) is 8.42 Å². The lowest BCUT2D eigenvalue weighted by Crippen LogP contribution is -2.22. The third-order valence-electron chi connectivity index (χ3n) is 2.84. The maximum absolute atomic E-state index is 11.2. The molecular formula is C10H22N2O2S. The second-order valence-electron chi connectivity index (χ2n) is 4.26. The summed E-state index contributed by atoms with van der Waals surface area (Å²) in [6, 6.07) is 0. The van der Waals surface area contributed by atoms with Gasteiger partial charge in [-0.15, -0.1) is 0 Å². The Balaban J connectivity index is 1.97. The SMILES string of the molecule is CNCCCNCCC1CCS(=O)(=O)C1. The fraction of sp³-hybridized carbons (Fsp3) is 1.00. The molecule has 0 spiro atoms. The lowest BCUT2D eigenvalue weighted by atomic mass is 10.1. The molecule has 0 aliphatic carbocycles. The summed E-state index contributed by atoms with van der Waals surface area (Å²) in [7, 11) is -0.737. The van der Waals surface area contributed by atoms with E-state index in [0.29, 0.717) is 17.4 Å². The average Bonchev–Trinajstić information content (AvgIpc) is 2.52. The maximum Gasteiger partial charge on any atom is 0.150 e. The molecule has 1 unspecified atom stereocenters. The van der Waals surface area contributed by atoms with Crippen molar-refractivity contribution in [1.29, 1.82) is 0 Å². The van der Waals surface area contributed by atoms with E-state index in [9.17, 15) is 8.42 Å². The molecule has 1 atom stereocenters. The van der Waals surface area contributed by atoms with Crippen LogP contribution >= 0.6 is 0 Å². The largest absolute Gasteiger partial charge is 0.320 e. The second kappa shape index (κ2) is 6.45. The van der Waals surface area contributed by atoms with Crippen LogP contribution in [0.1, 0.15) is 19.3 Å². The van der Waals surface area contributed by atoms with Gasteiger partial charge in [0, 0.05) is 0 Å². The van der Waals surface area contributed by atoms with Crippen LogP contribution in [0.25, 0.3) is 0 Å². The molecule has 1 aliphatic heterocycles. The normalized spacial score (nSPS) is 24.5. The van der Waals surface area contributed by atoms with Crippen LogP contribution in [0.15, 0.2) is 0 Å². The zero-order valence-corrected chi connectivity index (χ0v) is 10.3. The van der Waals surface area contributed by atoms with Gasteiger partial charge < -0.3 is 10.6 Å². The van der Waals surface area contributed by atoms with E-state index in [1.54, 1.807) is 0 Å². The molecule has 2 N–H and O–H groups in total. The van der Waals surface area contributed by atoms with Gasteiger partial charge in [0.1, 0.15) is 0 Å². The summed E-state index contributed by atoms with van der Waals surface area (Å²) in [6.45, 7) is 3.00. The smallest absolute Gasteiger partial charge is 0.150 e. The number of hydrogen-bond acceptors (Lipinski definition) is 4. The van der Waals surface area contributed by atoms with E-state index in [1.807, 2.05) is 7.05 Å². The minimum Gasteiger partial charge on any atom is -0.320 e. The van der Waals surface area contributed by atoms with Crippen molar-refractivity contribution in [2.24, 2.45) is 5.92 Å². The van der Waals surface area contributed by atoms with Crippen LogP contribution in [0.2, 0.25) is 0 Å². The lowest BCUT2D eigenvalue weighted by Gasteiger charge is -2.08. The summed E-state index contributed by atoms with van der Waals surface area (Å²) in [6.07, 6.45) is 2.98. The van der Waals surface area contributed by atoms with Crippen LogP contribution in [0, 0.1) is 5.92 Å². The molecule has 4 nitrogen and oxygen atoms in total. The van der Waals surface area contributed by atoms with E-state index in [-0.39, 0.29) is 0 Å². The van der Waals surface area contributed by atoms with Crippen molar-refractivity contribution in [2.75, 3.05) is 38.2 Å². The molecule has 0 amide bonds. The van der Waals surface area contributed by atoms with Crippen molar-refractivity contribution in [3.63, 3.8) is 0 Å². The van der Waals surface area contributed by atoms with E-state index >= 15 is 0 Å². The second-order valence-corrected chi connectivity index (χ2v) is 6.49. The molecule has 1 aliphatic rings. The highest BCUT2D eigenvalue weighted by Gasteiger charge is 2.26. The number of hydrogen-bond donors (Lipinski definition) is 2. The summed E-state index contributed by atoms with van der Waals surface area (Å²) in [5.41, 5.74) is 0. The van der Waals surface area contributed by atoms with Crippen molar-refractivity contribution in [2.45, 2.75) is 19.3 Å². The van der Waals surface area contributed by atoms with Gasteiger partial charge in [0.15, 0.2) is 9.84 Å². The zero-order valence-electron chi connectivity index (χ0n) is 9.46. The predicted molar refractivity (Wildman–Crippen MR) is 62.8 cm³/mol. The highest BCUT2D eigenvalue weighted by molar-refractivity contribution is 7.91. The van der Waals surface area contributed by atoms with Gasteiger partial charge in [-0.1, -0.05) is 0 Å². The Labute approximate surface area is 92.7 Å². The van der Waals surface area contributed by atoms with Crippen LogP contribution in [0.5, 0.6) is 0 Å². The number of rotatable bonds is 7. The van der Waals surface area contributed by atoms with Crippen molar-refractivity contribution in [3.05, 3.63) is 0 Å². The third-order valence-corrected chi connectivity index (χ3v) is 4.67. The molecule has 0 radical (unpaired) electrons. The fourth-order valence-electron chi connectivity index (χ4n) is 1.92. The molecule has 1 fully saturated rings. The van der Waals surface area contributed by atoms with Crippen molar-refractivity contribution >= 4 is 9.84 Å². The molecule has 15 heavy (non-hydrogen) atoms. The van der Waals surface area contributed by atoms with E-state index in [0.717, 1.165) is 38.9 Å². The Morgan fingerprint density at radius 3 is 2.67 bits per heavy atom. The summed E-state index contributed by atoms with van der Waals surface area (Å²) >= 11 is 0. The minimum absolute atomic E-state index is 0.395. The van der Waals surface area contributed by atoms with E-state index in [1.165, 1.54) is 0 Å². The number of sulfone groups is 1. The molecule has 0 aromatic heterocycles. The van der Waals surface area contributed by atoms with Gasteiger partial charge in [0.25, 0.3) is 0 Å². The quantitative estimate of drug-likeness (QED) is 0.609. The van der Waals surface area contributed by atoms with Crippen LogP contribution in [-0.2, 0) is 9.84 Å². The maximum atomic E-state index is 11.2. The number of nitrogens with one attached hydrogen (secondary N) is 2. The van der Waals surface area contributed by atoms with Crippen LogP contribution in [-0.4, -0.2) is 46.6 Å². The Morgan fingerprint density at radius 1 is 1.27 bits per heavy atom. The first kappa shape index (κ1) is 12.9. The molecule has 0 aromatic rings. The zero-order chi connectivity index (χ0) is 11.1. The minimum atomic E-state index is -2.68. The first-order valence-corrected chi connectivity index (χ1v) is 7.52. The first-order chi connectivity index (χ1) is 7.14. The highest BCUT2D eigenvalue weighted by Crippen LogP contribution is 2.20. The van der Waals surface area contributed by atoms with Crippen molar-refractivity contribution in [3.8, 4) is 0 Å². The molecule has 1 heterocycles. The van der Waals surface area contributed by atoms with E-state index < -0.39 is 9.84 Å². The summed E-state index contributed by atoms with van der Waals surface area (Å²) < 4.78 is 22.4. The topological polar surface area (TPSA) is 58.2 Å². The van der Waals surface area contributed by atoms with Crippen LogP contribution in [0.4, 0.5) is 0 Å². The van der Waals surface area contributed by atoms with Gasteiger partial charge in [-0.05, 0) is 51.9 Å². The molecule has 5 heteroatoms. The summed E-state index contributed by atoms with van der Waals surface area (Å²) in [5.74, 6) is 1.20. The van der Waals surface area contributed by atoms with E-state index in [2.05, 4.69) is 10.6 Å². The predicted octanol–water partition coefficient (Wildman–Crippen LogP) is 0.0103. The Hall–Kier alpha value is -0.130. The molecular weight excluding hydrogens is 212 g/mol. The molecule has 90 valence electrons. The average molecular weight is 234 g/mol. The van der Waals surface area contributed by atoms with Crippen LogP contribution in [0.3, 0.4) is 0 Å². The van der Waals surface area contributed by atoms with Gasteiger partial charge in [0.05, 0.1) is 11.5 Å². The molecule has 0 bridgehead atoms. The first-order valence-electron chi connectivity index (χ1n) is 5.70. The fourth-order valence-corrected chi connectivity index (χ4v) is 3.83. The van der Waals surface area contributed by atoms with Gasteiger partial charge in [0.2, 0.25) is 0 Å². The lowest BCUT2D eigenvalue weighted by molar-refractivity contribution is 0.503. The molecule has 1 saturated heterocycles. The summed E-state index contributed by atoms with van der Waals surface area (Å²) in [5, 5.41) is 6.43. The van der Waals surface area contributed by atoms with Gasteiger partial charge in [-0.2, -0.15) is 0 Å². The van der Waals surface area contributed by atoms with E-state index in [4.69, 9.17) is 0 Å². The van der Waals surface area contributed by atoms with Gasteiger partial charge >= 0.3 is 0 Å².